The Morgan fingerprint density at radius 2 is 2.00 bits per heavy atom. The van der Waals surface area contributed by atoms with Crippen molar-refractivity contribution in [3.05, 3.63) is 60.1 Å². The summed E-state index contributed by atoms with van der Waals surface area (Å²) < 4.78 is 18.8. The quantitative estimate of drug-likeness (QED) is 0.538. The summed E-state index contributed by atoms with van der Waals surface area (Å²) in [5, 5.41) is 0. The molecule has 0 aliphatic carbocycles. The fourth-order valence-corrected chi connectivity index (χ4v) is 2.93. The molecule has 0 N–H and O–H groups in total. The molecule has 0 amide bonds. The number of rotatable bonds is 5. The number of furan rings is 1. The lowest BCUT2D eigenvalue weighted by molar-refractivity contribution is -0.518. The maximum Gasteiger partial charge on any atom is 0.250 e. The lowest BCUT2D eigenvalue weighted by Gasteiger charge is -2.19. The van der Waals surface area contributed by atoms with E-state index in [0.29, 0.717) is 0 Å². The zero-order valence-corrected chi connectivity index (χ0v) is 14.9. The largest absolute Gasteiger partial charge is 1.00 e. The van der Waals surface area contributed by atoms with E-state index in [1.165, 1.54) is 5.56 Å². The molecule has 23 heavy (non-hydrogen) atoms. The molecule has 0 bridgehead atoms. The highest BCUT2D eigenvalue weighted by Gasteiger charge is 2.30. The molecule has 1 aliphatic rings. The van der Waals surface area contributed by atoms with Crippen molar-refractivity contribution >= 4 is 5.71 Å². The van der Waals surface area contributed by atoms with Gasteiger partial charge >= 0.3 is 0 Å². The van der Waals surface area contributed by atoms with E-state index in [2.05, 4.69) is 17.2 Å². The smallest absolute Gasteiger partial charge is 0.250 e. The Morgan fingerprint density at radius 3 is 2.61 bits per heavy atom. The average molecular weight is 378 g/mol. The minimum Gasteiger partial charge on any atom is -1.00 e. The fraction of sp³-hybridized carbons (Fsp3) is 0.278. The van der Waals surface area contributed by atoms with Gasteiger partial charge in [-0.1, -0.05) is 6.58 Å². The van der Waals surface area contributed by atoms with E-state index in [0.717, 1.165) is 48.0 Å². The molecule has 4 nitrogen and oxygen atoms in total. The van der Waals surface area contributed by atoms with E-state index < -0.39 is 0 Å². The molecule has 3 rings (SSSR count). The van der Waals surface area contributed by atoms with Crippen molar-refractivity contribution in [3.63, 3.8) is 0 Å². The van der Waals surface area contributed by atoms with Gasteiger partial charge in [-0.05, 0) is 35.9 Å². The highest BCUT2D eigenvalue weighted by Crippen LogP contribution is 2.33. The Labute approximate surface area is 146 Å². The molecule has 0 radical (unpaired) electrons. The van der Waals surface area contributed by atoms with Gasteiger partial charge < -0.3 is 30.9 Å². The minimum atomic E-state index is 0. The number of hydrogen-bond acceptors (Lipinski definition) is 3. The van der Waals surface area contributed by atoms with Crippen LogP contribution in [0.5, 0.6) is 11.5 Å². The Kier molecular flexibility index (Phi) is 5.66. The maximum atomic E-state index is 5.65. The van der Waals surface area contributed by atoms with E-state index in [9.17, 15) is 0 Å². The number of fused-ring (bicyclic) bond motifs is 1. The average Bonchev–Trinajstić information content (AvgIpc) is 3.07. The second kappa shape index (κ2) is 7.51. The van der Waals surface area contributed by atoms with Crippen LogP contribution in [0, 0.1) is 0 Å². The first kappa shape index (κ1) is 17.3. The summed E-state index contributed by atoms with van der Waals surface area (Å²) in [6.07, 6.45) is 4.56. The van der Waals surface area contributed by atoms with Crippen LogP contribution < -0.4 is 26.5 Å². The Bertz CT molecular complexity index is 720. The van der Waals surface area contributed by atoms with Crippen molar-refractivity contribution in [1.82, 2.24) is 0 Å². The predicted molar refractivity (Wildman–Crippen MR) is 85.4 cm³/mol. The molecular weight excluding hydrogens is 358 g/mol. The van der Waals surface area contributed by atoms with Crippen molar-refractivity contribution in [3.8, 4) is 11.5 Å². The molecule has 0 saturated carbocycles. The zero-order valence-electron chi connectivity index (χ0n) is 13.3. The molecule has 0 saturated heterocycles. The summed E-state index contributed by atoms with van der Waals surface area (Å²) >= 11 is 0. The van der Waals surface area contributed by atoms with Gasteiger partial charge in [0.1, 0.15) is 6.54 Å². The SMILES string of the molecule is C=CC[N+]1=C(c2ccco2)c2cc(OC)c(OC)cc2CC1.[Br-]. The topological polar surface area (TPSA) is 34.6 Å². The van der Waals surface area contributed by atoms with Gasteiger partial charge in [-0.25, -0.2) is 4.58 Å². The molecule has 0 unspecified atom stereocenters. The number of methoxy groups -OCH3 is 2. The van der Waals surface area contributed by atoms with E-state index in [1.807, 2.05) is 24.3 Å². The van der Waals surface area contributed by atoms with Gasteiger partial charge in [0.25, 0.3) is 5.71 Å². The molecule has 0 spiro atoms. The molecule has 5 heteroatoms. The van der Waals surface area contributed by atoms with Crippen molar-refractivity contribution < 1.29 is 35.4 Å². The molecular formula is C18H20BrNO3. The number of halogens is 1. The summed E-state index contributed by atoms with van der Waals surface area (Å²) in [6, 6.07) is 7.98. The van der Waals surface area contributed by atoms with Gasteiger partial charge in [0.15, 0.2) is 23.8 Å². The van der Waals surface area contributed by atoms with Gasteiger partial charge in [-0.3, -0.25) is 0 Å². The molecule has 0 atom stereocenters. The third-order valence-electron chi connectivity index (χ3n) is 3.94. The van der Waals surface area contributed by atoms with Gasteiger partial charge in [0.05, 0.1) is 26.0 Å². The molecule has 1 aromatic carbocycles. The lowest BCUT2D eigenvalue weighted by atomic mass is 9.94. The van der Waals surface area contributed by atoms with E-state index >= 15 is 0 Å². The van der Waals surface area contributed by atoms with Gasteiger partial charge in [0, 0.05) is 6.42 Å². The standard InChI is InChI=1S/C18H20NO3.BrH/c1-4-8-19-9-7-13-11-16(20-2)17(21-3)12-14(13)18(19)15-6-5-10-22-15;/h4-6,10-12H,1,7-9H2,2-3H3;1H/q+1;/p-1. The molecule has 122 valence electrons. The van der Waals surface area contributed by atoms with Crippen LogP contribution in [0.4, 0.5) is 0 Å². The van der Waals surface area contributed by atoms with E-state index in [-0.39, 0.29) is 17.0 Å². The van der Waals surface area contributed by atoms with Crippen LogP contribution in [0.2, 0.25) is 0 Å². The molecule has 2 aromatic rings. The third-order valence-corrected chi connectivity index (χ3v) is 3.94. The summed E-state index contributed by atoms with van der Waals surface area (Å²) in [6.45, 7) is 5.56. The monoisotopic (exact) mass is 377 g/mol. The van der Waals surface area contributed by atoms with E-state index in [1.54, 1.807) is 20.5 Å². The van der Waals surface area contributed by atoms with Gasteiger partial charge in [0.2, 0.25) is 0 Å². The van der Waals surface area contributed by atoms with Crippen LogP contribution in [0.25, 0.3) is 0 Å². The van der Waals surface area contributed by atoms with Crippen LogP contribution in [0.1, 0.15) is 16.9 Å². The van der Waals surface area contributed by atoms with Crippen LogP contribution in [-0.4, -0.2) is 37.6 Å². The highest BCUT2D eigenvalue weighted by atomic mass is 79.9. The van der Waals surface area contributed by atoms with Crippen LogP contribution in [-0.2, 0) is 6.42 Å². The van der Waals surface area contributed by atoms with Gasteiger partial charge in [-0.2, -0.15) is 0 Å². The lowest BCUT2D eigenvalue weighted by Crippen LogP contribution is -3.00. The van der Waals surface area contributed by atoms with Crippen molar-refractivity contribution in [2.24, 2.45) is 0 Å². The normalized spacial score (nSPS) is 13.1. The number of benzene rings is 1. The molecule has 0 fully saturated rings. The second-order valence-electron chi connectivity index (χ2n) is 5.17. The zero-order chi connectivity index (χ0) is 15.5. The first-order chi connectivity index (χ1) is 10.8. The summed E-state index contributed by atoms with van der Waals surface area (Å²) in [4.78, 5) is 0. The summed E-state index contributed by atoms with van der Waals surface area (Å²) in [5.74, 6) is 2.35. The van der Waals surface area contributed by atoms with Crippen molar-refractivity contribution in [2.45, 2.75) is 6.42 Å². The molecule has 2 heterocycles. The Morgan fingerprint density at radius 1 is 1.26 bits per heavy atom. The van der Waals surface area contributed by atoms with Gasteiger partial charge in [-0.15, -0.1) is 0 Å². The number of nitrogens with zero attached hydrogens (tertiary/aromatic N) is 1. The molecule has 1 aromatic heterocycles. The van der Waals surface area contributed by atoms with Crippen molar-refractivity contribution in [2.75, 3.05) is 27.3 Å². The summed E-state index contributed by atoms with van der Waals surface area (Å²) in [5.41, 5.74) is 3.44. The Hall–Kier alpha value is -2.01. The second-order valence-corrected chi connectivity index (χ2v) is 5.17. The first-order valence-corrected chi connectivity index (χ1v) is 7.30. The van der Waals surface area contributed by atoms with Crippen LogP contribution >= 0.6 is 0 Å². The van der Waals surface area contributed by atoms with Crippen LogP contribution in [0.15, 0.2) is 47.6 Å². The summed E-state index contributed by atoms with van der Waals surface area (Å²) in [7, 11) is 3.31. The highest BCUT2D eigenvalue weighted by molar-refractivity contribution is 6.09. The number of ether oxygens (including phenoxy) is 2. The minimum absolute atomic E-state index is 0. The van der Waals surface area contributed by atoms with Crippen molar-refractivity contribution in [1.29, 1.82) is 0 Å². The predicted octanol–water partition coefficient (Wildman–Crippen LogP) is -0.107. The first-order valence-electron chi connectivity index (χ1n) is 7.30. The maximum absolute atomic E-state index is 5.65. The number of hydrogen-bond donors (Lipinski definition) is 0. The Balaban J connectivity index is 0.00000192. The van der Waals surface area contributed by atoms with E-state index in [4.69, 9.17) is 13.9 Å². The fourth-order valence-electron chi connectivity index (χ4n) is 2.93. The third kappa shape index (κ3) is 3.20. The van der Waals surface area contributed by atoms with Crippen LogP contribution in [0.3, 0.4) is 0 Å². The molecule has 1 aliphatic heterocycles.